The highest BCUT2D eigenvalue weighted by atomic mass is 32.2. The third kappa shape index (κ3) is 4.04. The van der Waals surface area contributed by atoms with Gasteiger partial charge in [-0.1, -0.05) is 0 Å². The van der Waals surface area contributed by atoms with E-state index >= 15 is 0 Å². The van der Waals surface area contributed by atoms with Gasteiger partial charge in [0.25, 0.3) is 0 Å². The molecule has 6 heteroatoms. The van der Waals surface area contributed by atoms with Crippen molar-refractivity contribution < 1.29 is 14.7 Å². The van der Waals surface area contributed by atoms with Crippen LogP contribution in [0.25, 0.3) is 0 Å². The standard InChI is InChI=1S/C14H24N2O3S/c1-14(2)10-16(6-7-20-14)13(19)15-5-3-4-11(9-15)8-12(17)18/h11H,3-10H2,1-2H3,(H,17,18). The minimum atomic E-state index is -0.764. The number of thioether (sulfide) groups is 1. The summed E-state index contributed by atoms with van der Waals surface area (Å²) in [4.78, 5) is 27.2. The molecule has 0 aromatic rings. The largest absolute Gasteiger partial charge is 0.481 e. The molecule has 2 aliphatic heterocycles. The molecule has 0 saturated carbocycles. The highest BCUT2D eigenvalue weighted by Crippen LogP contribution is 2.30. The SMILES string of the molecule is CC1(C)CN(C(=O)N2CCCC(CC(=O)O)C2)CCS1. The summed E-state index contributed by atoms with van der Waals surface area (Å²) >= 11 is 1.91. The van der Waals surface area contributed by atoms with Gasteiger partial charge in [-0.25, -0.2) is 4.79 Å². The predicted molar refractivity (Wildman–Crippen MR) is 80.1 cm³/mol. The first-order chi connectivity index (χ1) is 9.37. The average molecular weight is 300 g/mol. The maximum atomic E-state index is 12.6. The molecule has 5 nitrogen and oxygen atoms in total. The van der Waals surface area contributed by atoms with E-state index in [-0.39, 0.29) is 23.1 Å². The lowest BCUT2D eigenvalue weighted by Gasteiger charge is -2.41. The maximum Gasteiger partial charge on any atom is 0.320 e. The molecule has 1 atom stereocenters. The fraction of sp³-hybridized carbons (Fsp3) is 0.857. The Morgan fingerprint density at radius 3 is 2.70 bits per heavy atom. The Labute approximate surface area is 124 Å². The number of hydrogen-bond donors (Lipinski definition) is 1. The molecule has 2 rings (SSSR count). The molecule has 0 aromatic carbocycles. The van der Waals surface area contributed by atoms with Gasteiger partial charge in [-0.15, -0.1) is 0 Å². The van der Waals surface area contributed by atoms with Gasteiger partial charge >= 0.3 is 12.0 Å². The first-order valence-corrected chi connectivity index (χ1v) is 8.25. The van der Waals surface area contributed by atoms with Crippen molar-refractivity contribution in [1.82, 2.24) is 9.80 Å². The van der Waals surface area contributed by atoms with Crippen LogP contribution in [-0.2, 0) is 4.79 Å². The van der Waals surface area contributed by atoms with Crippen molar-refractivity contribution in [3.8, 4) is 0 Å². The van der Waals surface area contributed by atoms with Gasteiger partial charge in [0.15, 0.2) is 0 Å². The molecule has 2 aliphatic rings. The third-order valence-electron chi connectivity index (χ3n) is 3.95. The summed E-state index contributed by atoms with van der Waals surface area (Å²) < 4.78 is 0.115. The van der Waals surface area contributed by atoms with Crippen LogP contribution < -0.4 is 0 Å². The average Bonchev–Trinajstić information content (AvgIpc) is 2.36. The zero-order chi connectivity index (χ0) is 14.8. The van der Waals surface area contributed by atoms with Gasteiger partial charge in [0.1, 0.15) is 0 Å². The molecule has 2 fully saturated rings. The topological polar surface area (TPSA) is 60.9 Å². The van der Waals surface area contributed by atoms with E-state index in [0.717, 1.165) is 38.2 Å². The van der Waals surface area contributed by atoms with Crippen molar-refractivity contribution in [2.24, 2.45) is 5.92 Å². The maximum absolute atomic E-state index is 12.6. The molecule has 0 radical (unpaired) electrons. The lowest BCUT2D eigenvalue weighted by atomic mass is 9.95. The van der Waals surface area contributed by atoms with Crippen LogP contribution in [-0.4, -0.2) is 63.6 Å². The first-order valence-electron chi connectivity index (χ1n) is 7.27. The molecule has 0 aliphatic carbocycles. The second-order valence-electron chi connectivity index (χ2n) is 6.36. The Balaban J connectivity index is 1.93. The van der Waals surface area contributed by atoms with Crippen LogP contribution in [0.15, 0.2) is 0 Å². The molecule has 20 heavy (non-hydrogen) atoms. The van der Waals surface area contributed by atoms with Crippen molar-refractivity contribution in [3.05, 3.63) is 0 Å². The van der Waals surface area contributed by atoms with Crippen LogP contribution in [0.3, 0.4) is 0 Å². The molecule has 114 valence electrons. The number of amides is 2. The minimum Gasteiger partial charge on any atom is -0.481 e. The van der Waals surface area contributed by atoms with Gasteiger partial charge in [0, 0.05) is 43.1 Å². The number of carboxylic acid groups (broad SMARTS) is 1. The van der Waals surface area contributed by atoms with E-state index < -0.39 is 5.97 Å². The second kappa shape index (κ2) is 6.24. The summed E-state index contributed by atoms with van der Waals surface area (Å²) in [7, 11) is 0. The van der Waals surface area contributed by atoms with Gasteiger partial charge in [-0.3, -0.25) is 4.79 Å². The molecular weight excluding hydrogens is 276 g/mol. The van der Waals surface area contributed by atoms with Gasteiger partial charge in [0.05, 0.1) is 0 Å². The number of rotatable bonds is 2. The monoisotopic (exact) mass is 300 g/mol. The fourth-order valence-electron chi connectivity index (χ4n) is 3.03. The Kier molecular flexibility index (Phi) is 4.83. The first kappa shape index (κ1) is 15.5. The van der Waals surface area contributed by atoms with E-state index in [4.69, 9.17) is 5.11 Å². The highest BCUT2D eigenvalue weighted by Gasteiger charge is 2.33. The lowest BCUT2D eigenvalue weighted by Crippen LogP contribution is -2.53. The fourth-order valence-corrected chi connectivity index (χ4v) is 4.14. The molecule has 2 amide bonds. The van der Waals surface area contributed by atoms with Gasteiger partial charge in [0.2, 0.25) is 0 Å². The molecule has 2 saturated heterocycles. The third-order valence-corrected chi connectivity index (χ3v) is 5.25. The second-order valence-corrected chi connectivity index (χ2v) is 8.17. The summed E-state index contributed by atoms with van der Waals surface area (Å²) in [5.41, 5.74) is 0. The van der Waals surface area contributed by atoms with Crippen LogP contribution in [0.1, 0.15) is 33.1 Å². The van der Waals surface area contributed by atoms with Crippen molar-refractivity contribution in [3.63, 3.8) is 0 Å². The Morgan fingerprint density at radius 1 is 1.30 bits per heavy atom. The molecule has 1 unspecified atom stereocenters. The van der Waals surface area contributed by atoms with Crippen LogP contribution in [0.4, 0.5) is 4.79 Å². The molecule has 0 aromatic heterocycles. The van der Waals surface area contributed by atoms with Gasteiger partial charge < -0.3 is 14.9 Å². The lowest BCUT2D eigenvalue weighted by molar-refractivity contribution is -0.138. The number of carboxylic acids is 1. The van der Waals surface area contributed by atoms with E-state index in [2.05, 4.69) is 13.8 Å². The van der Waals surface area contributed by atoms with E-state index in [1.165, 1.54) is 0 Å². The number of urea groups is 1. The summed E-state index contributed by atoms with van der Waals surface area (Å²) in [6, 6.07) is 0.0912. The molecule has 0 spiro atoms. The number of carbonyl (C=O) groups is 2. The Bertz CT molecular complexity index is 387. The van der Waals surface area contributed by atoms with Crippen molar-refractivity contribution in [2.45, 2.75) is 37.9 Å². The number of piperidine rings is 1. The van der Waals surface area contributed by atoms with Crippen LogP contribution >= 0.6 is 11.8 Å². The summed E-state index contributed by atoms with van der Waals surface area (Å²) in [6.07, 6.45) is 2.00. The number of likely N-dealkylation sites (tertiary alicyclic amines) is 1. The number of hydrogen-bond acceptors (Lipinski definition) is 3. The summed E-state index contributed by atoms with van der Waals surface area (Å²) in [5, 5.41) is 8.89. The Morgan fingerprint density at radius 2 is 2.05 bits per heavy atom. The quantitative estimate of drug-likeness (QED) is 0.848. The molecule has 0 bridgehead atoms. The summed E-state index contributed by atoms with van der Waals surface area (Å²) in [5.74, 6) is 0.322. The zero-order valence-corrected chi connectivity index (χ0v) is 13.1. The van der Waals surface area contributed by atoms with Crippen molar-refractivity contribution in [1.29, 1.82) is 0 Å². The van der Waals surface area contributed by atoms with Crippen LogP contribution in [0.5, 0.6) is 0 Å². The molecule has 2 heterocycles. The summed E-state index contributed by atoms with van der Waals surface area (Å²) in [6.45, 7) is 7.26. The van der Waals surface area contributed by atoms with E-state index in [1.807, 2.05) is 21.6 Å². The van der Waals surface area contributed by atoms with Crippen LogP contribution in [0.2, 0.25) is 0 Å². The zero-order valence-electron chi connectivity index (χ0n) is 12.3. The minimum absolute atomic E-state index is 0.0912. The van der Waals surface area contributed by atoms with Crippen LogP contribution in [0, 0.1) is 5.92 Å². The molecule has 1 N–H and O–H groups in total. The molecular formula is C14H24N2O3S. The van der Waals surface area contributed by atoms with E-state index in [9.17, 15) is 9.59 Å². The number of nitrogens with zero attached hydrogens (tertiary/aromatic N) is 2. The van der Waals surface area contributed by atoms with Gasteiger partial charge in [-0.05, 0) is 32.6 Å². The smallest absolute Gasteiger partial charge is 0.320 e. The number of aliphatic carboxylic acids is 1. The van der Waals surface area contributed by atoms with Crippen molar-refractivity contribution >= 4 is 23.8 Å². The Hall–Kier alpha value is -0.910. The van der Waals surface area contributed by atoms with Crippen molar-refractivity contribution in [2.75, 3.05) is 31.9 Å². The van der Waals surface area contributed by atoms with Gasteiger partial charge in [-0.2, -0.15) is 11.8 Å². The predicted octanol–water partition coefficient (Wildman–Crippen LogP) is 2.12. The highest BCUT2D eigenvalue weighted by molar-refractivity contribution is 8.00. The normalized spacial score (nSPS) is 26.4. The van der Waals surface area contributed by atoms with E-state index in [1.54, 1.807) is 0 Å². The van der Waals surface area contributed by atoms with E-state index in [0.29, 0.717) is 6.54 Å². The number of carbonyl (C=O) groups excluding carboxylic acids is 1.